The lowest BCUT2D eigenvalue weighted by Gasteiger charge is -2.34. The molecule has 0 saturated carbocycles. The second-order valence-corrected chi connectivity index (χ2v) is 6.84. The van der Waals surface area contributed by atoms with Crippen LogP contribution in [-0.4, -0.2) is 46.6 Å². The summed E-state index contributed by atoms with van der Waals surface area (Å²) in [6, 6.07) is 18.1. The zero-order valence-electron chi connectivity index (χ0n) is 15.1. The van der Waals surface area contributed by atoms with E-state index in [-0.39, 0.29) is 6.03 Å². The summed E-state index contributed by atoms with van der Waals surface area (Å²) in [6.07, 6.45) is 2.22. The van der Waals surface area contributed by atoms with Gasteiger partial charge in [0.2, 0.25) is 0 Å². The minimum atomic E-state index is -0.0130. The molecule has 1 aliphatic heterocycles. The first-order valence-electron chi connectivity index (χ1n) is 9.07. The molecule has 0 atom stereocenters. The van der Waals surface area contributed by atoms with Gasteiger partial charge in [0.15, 0.2) is 0 Å². The number of urea groups is 1. The van der Waals surface area contributed by atoms with Crippen molar-refractivity contribution < 1.29 is 4.79 Å². The molecule has 0 aliphatic carbocycles. The van der Waals surface area contributed by atoms with Crippen molar-refractivity contribution in [2.75, 3.05) is 31.5 Å². The van der Waals surface area contributed by atoms with Crippen LogP contribution >= 0.6 is 0 Å². The Morgan fingerprint density at radius 2 is 1.65 bits per heavy atom. The van der Waals surface area contributed by atoms with Crippen molar-refractivity contribution in [3.8, 4) is 0 Å². The van der Waals surface area contributed by atoms with Gasteiger partial charge < -0.3 is 14.8 Å². The summed E-state index contributed by atoms with van der Waals surface area (Å²) in [5, 5.41) is 4.29. The van der Waals surface area contributed by atoms with Crippen LogP contribution in [0.3, 0.4) is 0 Å². The van der Waals surface area contributed by atoms with Gasteiger partial charge in [0.05, 0.1) is 0 Å². The number of para-hydroxylation sites is 2. The molecule has 1 N–H and O–H groups in total. The Balaban J connectivity index is 1.35. The molecule has 0 bridgehead atoms. The highest BCUT2D eigenvalue weighted by Gasteiger charge is 2.22. The van der Waals surface area contributed by atoms with Crippen LogP contribution in [0, 0.1) is 0 Å². The third-order valence-electron chi connectivity index (χ3n) is 5.06. The molecule has 3 aromatic rings. The zero-order valence-corrected chi connectivity index (χ0v) is 15.1. The van der Waals surface area contributed by atoms with Gasteiger partial charge in [0, 0.05) is 62.6 Å². The number of carbonyl (C=O) groups excluding carboxylic acids is 1. The predicted molar refractivity (Wildman–Crippen MR) is 105 cm³/mol. The van der Waals surface area contributed by atoms with Gasteiger partial charge in [-0.15, -0.1) is 0 Å². The lowest BCUT2D eigenvalue weighted by molar-refractivity contribution is 0.143. The SMILES string of the molecule is Cn1cc(CN2CCN(C(=O)Nc3ccccc3)CC2)c2ccccc21. The molecule has 1 saturated heterocycles. The maximum absolute atomic E-state index is 12.4. The van der Waals surface area contributed by atoms with Gasteiger partial charge in [0.25, 0.3) is 0 Å². The van der Waals surface area contributed by atoms with E-state index >= 15 is 0 Å². The molecular weight excluding hydrogens is 324 g/mol. The summed E-state index contributed by atoms with van der Waals surface area (Å²) in [5.74, 6) is 0. The Bertz CT molecular complexity index is 895. The van der Waals surface area contributed by atoms with Gasteiger partial charge in [0.1, 0.15) is 0 Å². The summed E-state index contributed by atoms with van der Waals surface area (Å²) in [5.41, 5.74) is 3.46. The average Bonchev–Trinajstić information content (AvgIpc) is 2.99. The molecule has 5 nitrogen and oxygen atoms in total. The quantitative estimate of drug-likeness (QED) is 0.787. The zero-order chi connectivity index (χ0) is 17.9. The van der Waals surface area contributed by atoms with E-state index in [1.54, 1.807) is 0 Å². The van der Waals surface area contributed by atoms with Crippen molar-refractivity contribution in [1.82, 2.24) is 14.4 Å². The van der Waals surface area contributed by atoms with Gasteiger partial charge in [-0.25, -0.2) is 4.79 Å². The van der Waals surface area contributed by atoms with E-state index in [9.17, 15) is 4.79 Å². The highest BCUT2D eigenvalue weighted by atomic mass is 16.2. The predicted octanol–water partition coefficient (Wildman–Crippen LogP) is 3.53. The summed E-state index contributed by atoms with van der Waals surface area (Å²) >= 11 is 0. The standard InChI is InChI=1S/C21H24N4O/c1-23-15-17(19-9-5-6-10-20(19)23)16-24-11-13-25(14-12-24)21(26)22-18-7-3-2-4-8-18/h2-10,15H,11-14,16H2,1H3,(H,22,26). The number of rotatable bonds is 3. The molecule has 0 radical (unpaired) electrons. The van der Waals surface area contributed by atoms with Crippen LogP contribution in [0.1, 0.15) is 5.56 Å². The molecule has 2 heterocycles. The number of aryl methyl sites for hydroxylation is 1. The molecule has 1 aliphatic rings. The first-order valence-corrected chi connectivity index (χ1v) is 9.07. The largest absolute Gasteiger partial charge is 0.350 e. The third-order valence-corrected chi connectivity index (χ3v) is 5.06. The number of benzene rings is 2. The highest BCUT2D eigenvalue weighted by Crippen LogP contribution is 2.22. The molecule has 1 aromatic heterocycles. The van der Waals surface area contributed by atoms with Crippen molar-refractivity contribution in [1.29, 1.82) is 0 Å². The van der Waals surface area contributed by atoms with Gasteiger partial charge in [-0.3, -0.25) is 4.90 Å². The van der Waals surface area contributed by atoms with Crippen LogP contribution in [-0.2, 0) is 13.6 Å². The third kappa shape index (κ3) is 3.44. The van der Waals surface area contributed by atoms with E-state index in [0.717, 1.165) is 38.4 Å². The topological polar surface area (TPSA) is 40.5 Å². The second kappa shape index (κ2) is 7.22. The van der Waals surface area contributed by atoms with Crippen molar-refractivity contribution in [2.24, 2.45) is 7.05 Å². The van der Waals surface area contributed by atoms with Crippen LogP contribution in [0.2, 0.25) is 0 Å². The second-order valence-electron chi connectivity index (χ2n) is 6.84. The molecule has 5 heteroatoms. The van der Waals surface area contributed by atoms with E-state index in [2.05, 4.69) is 52.3 Å². The Morgan fingerprint density at radius 1 is 0.962 bits per heavy atom. The number of hydrogen-bond donors (Lipinski definition) is 1. The Kier molecular flexibility index (Phi) is 4.63. The fourth-order valence-corrected chi connectivity index (χ4v) is 3.63. The van der Waals surface area contributed by atoms with Crippen LogP contribution < -0.4 is 5.32 Å². The maximum atomic E-state index is 12.4. The summed E-state index contributed by atoms with van der Waals surface area (Å²) in [7, 11) is 2.09. The van der Waals surface area contributed by atoms with Crippen molar-refractivity contribution >= 4 is 22.6 Å². The normalized spacial score (nSPS) is 15.3. The number of anilines is 1. The molecule has 0 unspecified atom stereocenters. The van der Waals surface area contributed by atoms with E-state index in [0.29, 0.717) is 0 Å². The van der Waals surface area contributed by atoms with Gasteiger partial charge >= 0.3 is 6.03 Å². The number of nitrogens with zero attached hydrogens (tertiary/aromatic N) is 3. The monoisotopic (exact) mass is 348 g/mol. The Hall–Kier alpha value is -2.79. The van der Waals surface area contributed by atoms with Crippen LogP contribution in [0.25, 0.3) is 10.9 Å². The van der Waals surface area contributed by atoms with E-state index < -0.39 is 0 Å². The lowest BCUT2D eigenvalue weighted by Crippen LogP contribution is -2.49. The molecule has 0 spiro atoms. The fraction of sp³-hybridized carbons (Fsp3) is 0.286. The van der Waals surface area contributed by atoms with Crippen LogP contribution in [0.5, 0.6) is 0 Å². The fourth-order valence-electron chi connectivity index (χ4n) is 3.63. The number of hydrogen-bond acceptors (Lipinski definition) is 2. The first-order chi connectivity index (χ1) is 12.7. The maximum Gasteiger partial charge on any atom is 0.321 e. The summed E-state index contributed by atoms with van der Waals surface area (Å²) in [6.45, 7) is 4.22. The molecular formula is C21H24N4O. The molecule has 4 rings (SSSR count). The number of fused-ring (bicyclic) bond motifs is 1. The van der Waals surface area contributed by atoms with E-state index in [1.165, 1.54) is 16.5 Å². The molecule has 1 fully saturated rings. The minimum Gasteiger partial charge on any atom is -0.350 e. The van der Waals surface area contributed by atoms with Crippen molar-refractivity contribution in [3.63, 3.8) is 0 Å². The summed E-state index contributed by atoms with van der Waals surface area (Å²) in [4.78, 5) is 16.7. The average molecular weight is 348 g/mol. The number of carbonyl (C=O) groups is 1. The number of nitrogens with one attached hydrogen (secondary N) is 1. The van der Waals surface area contributed by atoms with E-state index in [1.807, 2.05) is 35.2 Å². The molecule has 2 aromatic carbocycles. The first kappa shape index (κ1) is 16.7. The van der Waals surface area contributed by atoms with Gasteiger partial charge in [-0.05, 0) is 23.8 Å². The van der Waals surface area contributed by atoms with Gasteiger partial charge in [-0.2, -0.15) is 0 Å². The van der Waals surface area contributed by atoms with E-state index in [4.69, 9.17) is 0 Å². The van der Waals surface area contributed by atoms with Crippen LogP contribution in [0.4, 0.5) is 10.5 Å². The van der Waals surface area contributed by atoms with Crippen LogP contribution in [0.15, 0.2) is 60.8 Å². The van der Waals surface area contributed by atoms with Gasteiger partial charge in [-0.1, -0.05) is 36.4 Å². The molecule has 134 valence electrons. The van der Waals surface area contributed by atoms with Crippen molar-refractivity contribution in [2.45, 2.75) is 6.54 Å². The number of aromatic nitrogens is 1. The minimum absolute atomic E-state index is 0.0130. The number of piperazine rings is 1. The summed E-state index contributed by atoms with van der Waals surface area (Å²) < 4.78 is 2.19. The Labute approximate surface area is 153 Å². The highest BCUT2D eigenvalue weighted by molar-refractivity contribution is 5.89. The number of amides is 2. The Morgan fingerprint density at radius 3 is 2.42 bits per heavy atom. The van der Waals surface area contributed by atoms with Crippen molar-refractivity contribution in [3.05, 3.63) is 66.4 Å². The smallest absolute Gasteiger partial charge is 0.321 e. The molecule has 26 heavy (non-hydrogen) atoms. The lowest BCUT2D eigenvalue weighted by atomic mass is 10.1. The molecule has 2 amide bonds.